The van der Waals surface area contributed by atoms with Crippen molar-refractivity contribution in [1.29, 1.82) is 0 Å². The van der Waals surface area contributed by atoms with Crippen LogP contribution in [0.1, 0.15) is 11.1 Å². The van der Waals surface area contributed by atoms with Gasteiger partial charge in [-0.25, -0.2) is 9.97 Å². The lowest BCUT2D eigenvalue weighted by Crippen LogP contribution is -2.13. The largest absolute Gasteiger partial charge is 0.320 e. The summed E-state index contributed by atoms with van der Waals surface area (Å²) in [6.45, 7) is 2.63. The van der Waals surface area contributed by atoms with E-state index >= 15 is 0 Å². The van der Waals surface area contributed by atoms with Gasteiger partial charge in [0.15, 0.2) is 11.2 Å². The van der Waals surface area contributed by atoms with Crippen molar-refractivity contribution in [2.75, 3.05) is 0 Å². The molecule has 0 aliphatic carbocycles. The molecule has 0 saturated carbocycles. The van der Waals surface area contributed by atoms with Gasteiger partial charge >= 0.3 is 0 Å². The van der Waals surface area contributed by atoms with Crippen LogP contribution in [-0.4, -0.2) is 24.5 Å². The maximum absolute atomic E-state index is 12.5. The van der Waals surface area contributed by atoms with Gasteiger partial charge in [-0.3, -0.25) is 9.78 Å². The zero-order chi connectivity index (χ0) is 16.5. The first kappa shape index (κ1) is 14.3. The Bertz CT molecular complexity index is 1070. The summed E-state index contributed by atoms with van der Waals surface area (Å²) in [6.07, 6.45) is 4.98. The third-order valence-electron chi connectivity index (χ3n) is 3.87. The molecule has 1 N–H and O–H groups in total. The zero-order valence-electron chi connectivity index (χ0n) is 13.1. The van der Waals surface area contributed by atoms with E-state index < -0.39 is 0 Å². The summed E-state index contributed by atoms with van der Waals surface area (Å²) >= 11 is 0. The van der Waals surface area contributed by atoms with Crippen LogP contribution in [0.3, 0.4) is 0 Å². The third-order valence-corrected chi connectivity index (χ3v) is 3.87. The third kappa shape index (κ3) is 2.58. The zero-order valence-corrected chi connectivity index (χ0v) is 13.1. The summed E-state index contributed by atoms with van der Waals surface area (Å²) in [7, 11) is 0. The first-order valence-corrected chi connectivity index (χ1v) is 7.62. The maximum Gasteiger partial charge on any atom is 0.277 e. The Hall–Kier alpha value is -3.28. The highest BCUT2D eigenvalue weighted by atomic mass is 16.1. The van der Waals surface area contributed by atoms with Crippen molar-refractivity contribution < 1.29 is 0 Å². The van der Waals surface area contributed by atoms with Crippen LogP contribution in [0.2, 0.25) is 0 Å². The van der Waals surface area contributed by atoms with Gasteiger partial charge < -0.3 is 9.55 Å². The molecule has 0 spiro atoms. The number of benzene rings is 1. The van der Waals surface area contributed by atoms with E-state index in [9.17, 15) is 4.79 Å². The number of nitrogens with zero attached hydrogens (tertiary/aromatic N) is 4. The number of fused-ring (bicyclic) bond motifs is 1. The number of hydrogen-bond acceptors (Lipinski definition) is 4. The van der Waals surface area contributed by atoms with Crippen molar-refractivity contribution >= 4 is 11.2 Å². The molecule has 3 aromatic heterocycles. The highest BCUT2D eigenvalue weighted by molar-refractivity contribution is 5.72. The highest BCUT2D eigenvalue weighted by Gasteiger charge is 2.12. The van der Waals surface area contributed by atoms with Crippen LogP contribution in [0.4, 0.5) is 0 Å². The lowest BCUT2D eigenvalue weighted by Gasteiger charge is -2.05. The monoisotopic (exact) mass is 317 g/mol. The van der Waals surface area contributed by atoms with Crippen LogP contribution in [0.5, 0.6) is 0 Å². The molecule has 0 bridgehead atoms. The predicted octanol–water partition coefficient (Wildman–Crippen LogP) is 2.54. The average Bonchev–Trinajstić information content (AvgIpc) is 2.99. The fourth-order valence-electron chi connectivity index (χ4n) is 2.76. The van der Waals surface area contributed by atoms with Crippen LogP contribution in [0.25, 0.3) is 22.6 Å². The van der Waals surface area contributed by atoms with Gasteiger partial charge in [0.1, 0.15) is 5.82 Å². The Morgan fingerprint density at radius 1 is 1.17 bits per heavy atom. The minimum Gasteiger partial charge on any atom is -0.320 e. The maximum atomic E-state index is 12.5. The molecule has 24 heavy (non-hydrogen) atoms. The SMILES string of the molecule is Cc1cccc(Cn2cnc3nc(-c4ccncc4)[nH]c(=O)c32)c1. The molecule has 4 aromatic rings. The number of rotatable bonds is 3. The number of pyridine rings is 1. The number of aromatic nitrogens is 5. The van der Waals surface area contributed by atoms with E-state index in [0.717, 1.165) is 11.1 Å². The summed E-state index contributed by atoms with van der Waals surface area (Å²) in [5.41, 5.74) is 3.83. The predicted molar refractivity (Wildman–Crippen MR) is 91.7 cm³/mol. The van der Waals surface area contributed by atoms with Crippen molar-refractivity contribution in [3.05, 3.63) is 76.6 Å². The van der Waals surface area contributed by atoms with Gasteiger partial charge in [-0.15, -0.1) is 0 Å². The second-order valence-corrected chi connectivity index (χ2v) is 5.68. The number of H-pyrrole nitrogens is 1. The highest BCUT2D eigenvalue weighted by Crippen LogP contribution is 2.15. The summed E-state index contributed by atoms with van der Waals surface area (Å²) in [5.74, 6) is 0.496. The fourth-order valence-corrected chi connectivity index (χ4v) is 2.76. The summed E-state index contributed by atoms with van der Waals surface area (Å²) in [5, 5.41) is 0. The smallest absolute Gasteiger partial charge is 0.277 e. The molecule has 0 aliphatic heterocycles. The molecule has 0 unspecified atom stereocenters. The summed E-state index contributed by atoms with van der Waals surface area (Å²) in [6, 6.07) is 11.8. The molecular formula is C18H15N5O. The van der Waals surface area contributed by atoms with Gasteiger partial charge in [0.25, 0.3) is 5.56 Å². The van der Waals surface area contributed by atoms with Gasteiger partial charge in [-0.05, 0) is 24.6 Å². The van der Waals surface area contributed by atoms with E-state index in [4.69, 9.17) is 0 Å². The van der Waals surface area contributed by atoms with Crippen LogP contribution >= 0.6 is 0 Å². The van der Waals surface area contributed by atoms with Gasteiger partial charge in [-0.1, -0.05) is 29.8 Å². The molecule has 0 fully saturated rings. The molecule has 0 aliphatic rings. The molecule has 6 nitrogen and oxygen atoms in total. The number of nitrogens with one attached hydrogen (secondary N) is 1. The minimum absolute atomic E-state index is 0.197. The van der Waals surface area contributed by atoms with Crippen molar-refractivity contribution in [3.63, 3.8) is 0 Å². The van der Waals surface area contributed by atoms with E-state index in [2.05, 4.69) is 26.0 Å². The van der Waals surface area contributed by atoms with E-state index in [1.807, 2.05) is 29.7 Å². The molecule has 0 saturated heterocycles. The Morgan fingerprint density at radius 2 is 2.00 bits per heavy atom. The number of aryl methyl sites for hydroxylation is 1. The topological polar surface area (TPSA) is 76.5 Å². The van der Waals surface area contributed by atoms with E-state index in [1.165, 1.54) is 5.56 Å². The fraction of sp³-hybridized carbons (Fsp3) is 0.111. The van der Waals surface area contributed by atoms with E-state index in [-0.39, 0.29) is 5.56 Å². The first-order valence-electron chi connectivity index (χ1n) is 7.62. The Kier molecular flexibility index (Phi) is 3.42. The van der Waals surface area contributed by atoms with Crippen LogP contribution in [-0.2, 0) is 6.54 Å². The van der Waals surface area contributed by atoms with Crippen molar-refractivity contribution in [1.82, 2.24) is 24.5 Å². The van der Waals surface area contributed by atoms with Crippen molar-refractivity contribution in [2.45, 2.75) is 13.5 Å². The Labute approximate surface area is 137 Å². The number of imidazole rings is 1. The second-order valence-electron chi connectivity index (χ2n) is 5.68. The van der Waals surface area contributed by atoms with Crippen LogP contribution < -0.4 is 5.56 Å². The van der Waals surface area contributed by atoms with E-state index in [1.54, 1.807) is 30.9 Å². The molecule has 3 heterocycles. The van der Waals surface area contributed by atoms with Crippen LogP contribution in [0, 0.1) is 6.92 Å². The Balaban J connectivity index is 1.79. The van der Waals surface area contributed by atoms with Crippen LogP contribution in [0.15, 0.2) is 59.9 Å². The molecular weight excluding hydrogens is 302 g/mol. The molecule has 1 aromatic carbocycles. The second kappa shape index (κ2) is 5.73. The molecule has 118 valence electrons. The summed E-state index contributed by atoms with van der Waals surface area (Å²) < 4.78 is 1.83. The molecule has 4 rings (SSSR count). The van der Waals surface area contributed by atoms with Crippen molar-refractivity contribution in [2.24, 2.45) is 0 Å². The minimum atomic E-state index is -0.197. The van der Waals surface area contributed by atoms with Gasteiger partial charge in [0.2, 0.25) is 0 Å². The summed E-state index contributed by atoms with van der Waals surface area (Å²) in [4.78, 5) is 28.1. The van der Waals surface area contributed by atoms with Gasteiger partial charge in [0, 0.05) is 24.5 Å². The van der Waals surface area contributed by atoms with Crippen molar-refractivity contribution in [3.8, 4) is 11.4 Å². The molecule has 0 amide bonds. The standard InChI is InChI=1S/C18H15N5O/c1-12-3-2-4-13(9-12)10-23-11-20-17-15(23)18(24)22-16(21-17)14-5-7-19-8-6-14/h2-9,11H,10H2,1H3,(H,21,22,24). The number of hydrogen-bond donors (Lipinski definition) is 1. The molecule has 0 radical (unpaired) electrons. The molecule has 6 heteroatoms. The molecule has 0 atom stereocenters. The Morgan fingerprint density at radius 3 is 2.79 bits per heavy atom. The quantitative estimate of drug-likeness (QED) is 0.630. The normalized spacial score (nSPS) is 11.0. The first-order chi connectivity index (χ1) is 11.7. The lowest BCUT2D eigenvalue weighted by molar-refractivity contribution is 0.819. The van der Waals surface area contributed by atoms with Gasteiger partial charge in [-0.2, -0.15) is 0 Å². The van der Waals surface area contributed by atoms with E-state index in [0.29, 0.717) is 23.5 Å². The van der Waals surface area contributed by atoms with Gasteiger partial charge in [0.05, 0.1) is 6.33 Å². The average molecular weight is 317 g/mol. The number of aromatic amines is 1. The lowest BCUT2D eigenvalue weighted by atomic mass is 10.1.